The van der Waals surface area contributed by atoms with Gasteiger partial charge in [-0.05, 0) is 32.4 Å². The van der Waals surface area contributed by atoms with E-state index in [1.807, 2.05) is 13.8 Å². The van der Waals surface area contributed by atoms with E-state index in [0.29, 0.717) is 0 Å². The predicted octanol–water partition coefficient (Wildman–Crippen LogP) is 2.69. The summed E-state index contributed by atoms with van der Waals surface area (Å²) in [6, 6.07) is 0. The van der Waals surface area contributed by atoms with Crippen molar-refractivity contribution in [2.75, 3.05) is 6.54 Å². The van der Waals surface area contributed by atoms with Crippen LogP contribution >= 0.6 is 0 Å². The summed E-state index contributed by atoms with van der Waals surface area (Å²) in [7, 11) is 0. The molecule has 0 aromatic carbocycles. The molecule has 60 valence electrons. The zero-order chi connectivity index (χ0) is 7.82. The van der Waals surface area contributed by atoms with Crippen LogP contribution in [0.2, 0.25) is 0 Å². The van der Waals surface area contributed by atoms with Crippen LogP contribution in [0.5, 0.6) is 0 Å². The highest BCUT2D eigenvalue weighted by molar-refractivity contribution is 4.97. The zero-order valence-electron chi connectivity index (χ0n) is 7.41. The van der Waals surface area contributed by atoms with Crippen LogP contribution in [0, 0.1) is 0 Å². The molecule has 1 heteroatoms. The number of nitrogens with one attached hydrogen (secondary N) is 1. The largest absolute Gasteiger partial charge is 0.391 e. The lowest BCUT2D eigenvalue weighted by molar-refractivity contribution is 0.725. The van der Waals surface area contributed by atoms with Gasteiger partial charge in [-0.1, -0.05) is 19.4 Å². The van der Waals surface area contributed by atoms with E-state index in [-0.39, 0.29) is 0 Å². The van der Waals surface area contributed by atoms with E-state index >= 15 is 0 Å². The summed E-state index contributed by atoms with van der Waals surface area (Å²) in [5.41, 5.74) is 1.49. The number of hydrogen-bond acceptors (Lipinski definition) is 1. The highest BCUT2D eigenvalue weighted by Gasteiger charge is 1.94. The first-order valence-electron chi connectivity index (χ1n) is 4.28. The van der Waals surface area contributed by atoms with Gasteiger partial charge in [-0.2, -0.15) is 0 Å². The molecule has 10 heavy (non-hydrogen) atoms. The monoisotopic (exact) mass is 141 g/mol. The molecule has 0 saturated carbocycles. The van der Waals surface area contributed by atoms with Crippen LogP contribution in [0.3, 0.4) is 0 Å². The third-order valence-corrected chi connectivity index (χ3v) is 1.49. The summed E-state index contributed by atoms with van der Waals surface area (Å²) in [6.07, 6.45) is 6.10. The molecular formula is C9H19N. The van der Waals surface area contributed by atoms with Gasteiger partial charge in [-0.15, -0.1) is 0 Å². The molecule has 0 aromatic heterocycles. The summed E-state index contributed by atoms with van der Waals surface area (Å²) in [6.45, 7) is 7.34. The maximum Gasteiger partial charge on any atom is 0.0141 e. The molecule has 0 atom stereocenters. The zero-order valence-corrected chi connectivity index (χ0v) is 7.41. The maximum atomic E-state index is 3.23. The molecule has 0 spiro atoms. The molecule has 0 fully saturated rings. The lowest BCUT2D eigenvalue weighted by Crippen LogP contribution is -2.03. The van der Waals surface area contributed by atoms with Gasteiger partial charge in [0.25, 0.3) is 0 Å². The molecule has 1 rings (SSSR count). The molecule has 0 radical (unpaired) electrons. The lowest BCUT2D eigenvalue weighted by Gasteiger charge is -1.91. The fourth-order valence-corrected chi connectivity index (χ4v) is 0.949. The lowest BCUT2D eigenvalue weighted by atomic mass is 10.2. The number of rotatable bonds is 0. The Balaban J connectivity index is 0.000000371. The third kappa shape index (κ3) is 4.42. The standard InChI is InChI=1S/C7H13N.C2H6/c1-7-4-2-3-5-8-6-7;1-2/h6,8H,2-5H2,1H3;1-2H3. The fraction of sp³-hybridized carbons (Fsp3) is 0.778. The second kappa shape index (κ2) is 6.66. The van der Waals surface area contributed by atoms with Crippen LogP contribution < -0.4 is 5.32 Å². The van der Waals surface area contributed by atoms with Crippen molar-refractivity contribution in [3.8, 4) is 0 Å². The van der Waals surface area contributed by atoms with E-state index in [1.165, 1.54) is 24.8 Å². The van der Waals surface area contributed by atoms with Gasteiger partial charge < -0.3 is 5.32 Å². The molecule has 1 aliphatic heterocycles. The molecule has 0 amide bonds. The van der Waals surface area contributed by atoms with Crippen molar-refractivity contribution in [3.05, 3.63) is 11.8 Å². The van der Waals surface area contributed by atoms with Gasteiger partial charge in [0.1, 0.15) is 0 Å². The highest BCUT2D eigenvalue weighted by atomic mass is 14.8. The Morgan fingerprint density at radius 3 is 2.70 bits per heavy atom. The van der Waals surface area contributed by atoms with Crippen molar-refractivity contribution >= 4 is 0 Å². The summed E-state index contributed by atoms with van der Waals surface area (Å²) in [5.74, 6) is 0. The molecule has 0 bridgehead atoms. The highest BCUT2D eigenvalue weighted by Crippen LogP contribution is 2.07. The summed E-state index contributed by atoms with van der Waals surface area (Å²) in [4.78, 5) is 0. The van der Waals surface area contributed by atoms with E-state index < -0.39 is 0 Å². The molecule has 1 heterocycles. The Bertz CT molecular complexity index is 94.9. The average Bonchev–Trinajstić information content (AvgIpc) is 2.21. The molecule has 0 saturated heterocycles. The maximum absolute atomic E-state index is 3.23. The minimum atomic E-state index is 1.16. The van der Waals surface area contributed by atoms with Crippen LogP contribution in [0.15, 0.2) is 11.8 Å². The molecule has 0 aliphatic carbocycles. The second-order valence-electron chi connectivity index (χ2n) is 2.40. The van der Waals surface area contributed by atoms with Gasteiger partial charge in [0.15, 0.2) is 0 Å². The Morgan fingerprint density at radius 1 is 1.30 bits per heavy atom. The number of hydrogen-bond donors (Lipinski definition) is 1. The van der Waals surface area contributed by atoms with Crippen molar-refractivity contribution in [1.29, 1.82) is 0 Å². The van der Waals surface area contributed by atoms with Crippen LogP contribution in [-0.4, -0.2) is 6.54 Å². The molecule has 0 aromatic rings. The summed E-state index contributed by atoms with van der Waals surface area (Å²) < 4.78 is 0. The quantitative estimate of drug-likeness (QED) is 0.547. The van der Waals surface area contributed by atoms with Crippen LogP contribution in [0.1, 0.15) is 40.0 Å². The molecular weight excluding hydrogens is 122 g/mol. The smallest absolute Gasteiger partial charge is 0.0141 e. The second-order valence-corrected chi connectivity index (χ2v) is 2.40. The van der Waals surface area contributed by atoms with E-state index in [9.17, 15) is 0 Å². The number of allylic oxidation sites excluding steroid dienone is 1. The van der Waals surface area contributed by atoms with Crippen LogP contribution in [0.25, 0.3) is 0 Å². The van der Waals surface area contributed by atoms with E-state index in [1.54, 1.807) is 0 Å². The Hall–Kier alpha value is -0.460. The topological polar surface area (TPSA) is 12.0 Å². The van der Waals surface area contributed by atoms with E-state index in [2.05, 4.69) is 18.4 Å². The van der Waals surface area contributed by atoms with Gasteiger partial charge in [0, 0.05) is 6.54 Å². The SMILES string of the molecule is CC.CC1=CNCCCC1. The van der Waals surface area contributed by atoms with Gasteiger partial charge in [0.2, 0.25) is 0 Å². The van der Waals surface area contributed by atoms with Crippen LogP contribution in [0.4, 0.5) is 0 Å². The van der Waals surface area contributed by atoms with Gasteiger partial charge in [-0.25, -0.2) is 0 Å². The Labute approximate surface area is 64.5 Å². The van der Waals surface area contributed by atoms with Gasteiger partial charge in [0.05, 0.1) is 0 Å². The first kappa shape index (κ1) is 9.54. The first-order chi connectivity index (χ1) is 4.89. The summed E-state index contributed by atoms with van der Waals surface area (Å²) in [5, 5.41) is 3.23. The fourth-order valence-electron chi connectivity index (χ4n) is 0.949. The average molecular weight is 141 g/mol. The van der Waals surface area contributed by atoms with Crippen molar-refractivity contribution in [2.45, 2.75) is 40.0 Å². The third-order valence-electron chi connectivity index (χ3n) is 1.49. The van der Waals surface area contributed by atoms with Crippen LogP contribution in [-0.2, 0) is 0 Å². The van der Waals surface area contributed by atoms with Crippen molar-refractivity contribution in [2.24, 2.45) is 0 Å². The molecule has 1 aliphatic rings. The van der Waals surface area contributed by atoms with Gasteiger partial charge >= 0.3 is 0 Å². The Kier molecular flexibility index (Phi) is 6.35. The predicted molar refractivity (Wildman–Crippen MR) is 47.0 cm³/mol. The summed E-state index contributed by atoms with van der Waals surface area (Å²) >= 11 is 0. The first-order valence-corrected chi connectivity index (χ1v) is 4.28. The van der Waals surface area contributed by atoms with E-state index in [0.717, 1.165) is 6.54 Å². The van der Waals surface area contributed by atoms with E-state index in [4.69, 9.17) is 0 Å². The minimum absolute atomic E-state index is 1.16. The van der Waals surface area contributed by atoms with Crippen molar-refractivity contribution < 1.29 is 0 Å². The molecule has 0 unspecified atom stereocenters. The minimum Gasteiger partial charge on any atom is -0.391 e. The van der Waals surface area contributed by atoms with Gasteiger partial charge in [-0.3, -0.25) is 0 Å². The van der Waals surface area contributed by atoms with Crippen molar-refractivity contribution in [1.82, 2.24) is 5.32 Å². The molecule has 1 N–H and O–H groups in total. The normalized spacial score (nSPS) is 17.3. The van der Waals surface area contributed by atoms with Crippen molar-refractivity contribution in [3.63, 3.8) is 0 Å². The molecule has 1 nitrogen and oxygen atoms in total. The Morgan fingerprint density at radius 2 is 2.00 bits per heavy atom.